The molecule has 0 spiro atoms. The lowest BCUT2D eigenvalue weighted by molar-refractivity contribution is 0.513. The highest BCUT2D eigenvalue weighted by molar-refractivity contribution is 5.24. The number of rotatable bonds is 6. The average molecular weight is 276 g/mol. The minimum absolute atomic E-state index is 0.0319. The van der Waals surface area contributed by atoms with Crippen molar-refractivity contribution in [3.05, 3.63) is 28.8 Å². The summed E-state index contributed by atoms with van der Waals surface area (Å²) in [6, 6.07) is -0.0319. The maximum atomic E-state index is 6.30. The highest BCUT2D eigenvalue weighted by Gasteiger charge is 2.15. The molecule has 0 radical (unpaired) electrons. The van der Waals surface area contributed by atoms with Crippen molar-refractivity contribution in [3.63, 3.8) is 0 Å². The Kier molecular flexibility index (Phi) is 4.54. The summed E-state index contributed by atoms with van der Waals surface area (Å²) in [4.78, 5) is 0. The molecule has 110 valence electrons. The molecule has 1 unspecified atom stereocenters. The lowest BCUT2D eigenvalue weighted by Gasteiger charge is -2.13. The van der Waals surface area contributed by atoms with Crippen LogP contribution in [-0.4, -0.2) is 24.8 Å². The van der Waals surface area contributed by atoms with Crippen molar-refractivity contribution in [3.8, 4) is 0 Å². The molecule has 2 N–H and O–H groups in total. The lowest BCUT2D eigenvalue weighted by Crippen LogP contribution is -2.17. The fraction of sp³-hybridized carbons (Fsp3) is 0.643. The molecule has 6 nitrogen and oxygen atoms in total. The number of nitrogens with zero attached hydrogens (tertiary/aromatic N) is 5. The molecule has 0 amide bonds. The van der Waals surface area contributed by atoms with E-state index in [9.17, 15) is 0 Å². The molecule has 0 saturated carbocycles. The van der Waals surface area contributed by atoms with Crippen LogP contribution < -0.4 is 5.73 Å². The quantitative estimate of drug-likeness (QED) is 0.871. The van der Waals surface area contributed by atoms with E-state index in [-0.39, 0.29) is 6.04 Å². The molecule has 0 fully saturated rings. The average Bonchev–Trinajstić information content (AvgIpc) is 2.95. The Morgan fingerprint density at radius 3 is 2.70 bits per heavy atom. The van der Waals surface area contributed by atoms with Crippen LogP contribution in [0.3, 0.4) is 0 Å². The molecule has 1 atom stereocenters. The Morgan fingerprint density at radius 2 is 2.10 bits per heavy atom. The van der Waals surface area contributed by atoms with Gasteiger partial charge in [-0.1, -0.05) is 12.1 Å². The van der Waals surface area contributed by atoms with E-state index in [1.54, 1.807) is 6.20 Å². The largest absolute Gasteiger partial charge is 0.323 e. The molecule has 0 aliphatic rings. The van der Waals surface area contributed by atoms with Crippen LogP contribution in [0.25, 0.3) is 0 Å². The zero-order chi connectivity index (χ0) is 14.7. The van der Waals surface area contributed by atoms with E-state index in [4.69, 9.17) is 5.73 Å². The number of aromatic nitrogens is 5. The van der Waals surface area contributed by atoms with Crippen molar-refractivity contribution in [2.75, 3.05) is 0 Å². The van der Waals surface area contributed by atoms with Crippen LogP contribution in [0.4, 0.5) is 0 Å². The Balaban J connectivity index is 2.05. The van der Waals surface area contributed by atoms with E-state index in [0.717, 1.165) is 37.2 Å². The number of hydrogen-bond donors (Lipinski definition) is 1. The van der Waals surface area contributed by atoms with Gasteiger partial charge < -0.3 is 5.73 Å². The third-order valence-electron chi connectivity index (χ3n) is 3.83. The molecule has 0 aromatic carbocycles. The first kappa shape index (κ1) is 14.7. The monoisotopic (exact) mass is 276 g/mol. The first-order chi connectivity index (χ1) is 9.54. The zero-order valence-corrected chi connectivity index (χ0v) is 12.8. The summed E-state index contributed by atoms with van der Waals surface area (Å²) < 4.78 is 3.84. The van der Waals surface area contributed by atoms with E-state index >= 15 is 0 Å². The van der Waals surface area contributed by atoms with Gasteiger partial charge in [0.2, 0.25) is 0 Å². The molecular weight excluding hydrogens is 252 g/mol. The van der Waals surface area contributed by atoms with Crippen LogP contribution in [0, 0.1) is 13.8 Å². The Hall–Kier alpha value is -1.69. The van der Waals surface area contributed by atoms with Gasteiger partial charge in [-0.3, -0.25) is 4.68 Å². The molecular formula is C14H24N6. The van der Waals surface area contributed by atoms with Crippen molar-refractivity contribution in [1.82, 2.24) is 24.8 Å². The third kappa shape index (κ3) is 2.90. The highest BCUT2D eigenvalue weighted by atomic mass is 15.4. The highest BCUT2D eigenvalue weighted by Crippen LogP contribution is 2.20. The Bertz CT molecular complexity index is 568. The first-order valence-electron chi connectivity index (χ1n) is 7.17. The fourth-order valence-corrected chi connectivity index (χ4v) is 2.57. The van der Waals surface area contributed by atoms with Crippen molar-refractivity contribution < 1.29 is 0 Å². The van der Waals surface area contributed by atoms with Crippen molar-refractivity contribution >= 4 is 0 Å². The second-order valence-electron chi connectivity index (χ2n) is 5.30. The summed E-state index contributed by atoms with van der Waals surface area (Å²) in [6.45, 7) is 7.15. The smallest absolute Gasteiger partial charge is 0.0754 e. The van der Waals surface area contributed by atoms with E-state index in [1.165, 1.54) is 11.3 Å². The van der Waals surface area contributed by atoms with Gasteiger partial charge in [-0.2, -0.15) is 5.10 Å². The van der Waals surface area contributed by atoms with Crippen LogP contribution in [0.2, 0.25) is 0 Å². The molecule has 20 heavy (non-hydrogen) atoms. The molecule has 0 aliphatic carbocycles. The molecule has 2 aromatic rings. The predicted molar refractivity (Wildman–Crippen MR) is 78.2 cm³/mol. The van der Waals surface area contributed by atoms with E-state index in [1.807, 2.05) is 16.4 Å². The normalized spacial score (nSPS) is 12.8. The van der Waals surface area contributed by atoms with Gasteiger partial charge in [0, 0.05) is 25.3 Å². The Labute approximate surface area is 120 Å². The maximum Gasteiger partial charge on any atom is 0.0754 e. The van der Waals surface area contributed by atoms with E-state index in [2.05, 4.69) is 36.2 Å². The zero-order valence-electron chi connectivity index (χ0n) is 12.8. The Morgan fingerprint density at radius 1 is 1.35 bits per heavy atom. The molecule has 2 rings (SSSR count). The summed E-state index contributed by atoms with van der Waals surface area (Å²) in [6.07, 6.45) is 4.63. The molecule has 0 aliphatic heterocycles. The van der Waals surface area contributed by atoms with E-state index in [0.29, 0.717) is 0 Å². The van der Waals surface area contributed by atoms with Gasteiger partial charge in [0.05, 0.1) is 17.6 Å². The summed E-state index contributed by atoms with van der Waals surface area (Å²) in [7, 11) is 1.98. The third-order valence-corrected chi connectivity index (χ3v) is 3.83. The topological polar surface area (TPSA) is 74.6 Å². The molecule has 6 heteroatoms. The van der Waals surface area contributed by atoms with Crippen molar-refractivity contribution in [2.45, 2.75) is 52.6 Å². The van der Waals surface area contributed by atoms with Gasteiger partial charge in [0.1, 0.15) is 0 Å². The molecule has 0 bridgehead atoms. The molecule has 2 aromatic heterocycles. The molecule has 2 heterocycles. The van der Waals surface area contributed by atoms with Crippen LogP contribution >= 0.6 is 0 Å². The van der Waals surface area contributed by atoms with Gasteiger partial charge >= 0.3 is 0 Å². The molecule has 0 saturated heterocycles. The van der Waals surface area contributed by atoms with E-state index < -0.39 is 0 Å². The summed E-state index contributed by atoms with van der Waals surface area (Å²) in [5.41, 5.74) is 10.9. The maximum absolute atomic E-state index is 6.30. The van der Waals surface area contributed by atoms with Crippen molar-refractivity contribution in [1.29, 1.82) is 0 Å². The van der Waals surface area contributed by atoms with Gasteiger partial charge in [0.25, 0.3) is 0 Å². The van der Waals surface area contributed by atoms with Gasteiger partial charge in [-0.05, 0) is 38.7 Å². The minimum Gasteiger partial charge on any atom is -0.323 e. The second-order valence-corrected chi connectivity index (χ2v) is 5.30. The van der Waals surface area contributed by atoms with Gasteiger partial charge in [-0.15, -0.1) is 5.10 Å². The second kappa shape index (κ2) is 6.17. The van der Waals surface area contributed by atoms with Crippen LogP contribution in [-0.2, 0) is 20.0 Å². The summed E-state index contributed by atoms with van der Waals surface area (Å²) in [5.74, 6) is 0. The summed E-state index contributed by atoms with van der Waals surface area (Å²) in [5, 5.41) is 12.5. The van der Waals surface area contributed by atoms with Crippen LogP contribution in [0.15, 0.2) is 6.20 Å². The number of hydrogen-bond acceptors (Lipinski definition) is 4. The predicted octanol–water partition coefficient (Wildman–Crippen LogP) is 1.67. The van der Waals surface area contributed by atoms with Crippen molar-refractivity contribution in [2.24, 2.45) is 12.8 Å². The van der Waals surface area contributed by atoms with Crippen LogP contribution in [0.5, 0.6) is 0 Å². The minimum atomic E-state index is -0.0319. The summed E-state index contributed by atoms with van der Waals surface area (Å²) >= 11 is 0. The van der Waals surface area contributed by atoms with Gasteiger partial charge in [0.15, 0.2) is 0 Å². The fourth-order valence-electron chi connectivity index (χ4n) is 2.57. The SMILES string of the molecule is CCCn1nncc1C(N)CCc1c(C)nn(C)c1C. The standard InChI is InChI=1S/C14H24N6/c1-5-8-20-14(9-16-18-20)13(15)7-6-12-10(2)17-19(4)11(12)3/h9,13H,5-8,15H2,1-4H3. The first-order valence-corrected chi connectivity index (χ1v) is 7.17. The van der Waals surface area contributed by atoms with Gasteiger partial charge in [-0.25, -0.2) is 4.68 Å². The lowest BCUT2D eigenvalue weighted by atomic mass is 10.0. The number of nitrogens with two attached hydrogens (primary N) is 1. The number of aryl methyl sites for hydroxylation is 3. The van der Waals surface area contributed by atoms with Crippen LogP contribution in [0.1, 0.15) is 48.5 Å².